The molecule has 2 aromatic heterocycles. The van der Waals surface area contributed by atoms with Crippen LogP contribution in [0.3, 0.4) is 0 Å². The molecule has 0 amide bonds. The van der Waals surface area contributed by atoms with Crippen molar-refractivity contribution >= 4 is 23.4 Å². The van der Waals surface area contributed by atoms with Crippen molar-refractivity contribution in [1.82, 2.24) is 20.1 Å². The molecule has 0 saturated carbocycles. The maximum atomic E-state index is 12.2. The van der Waals surface area contributed by atoms with Gasteiger partial charge in [-0.15, -0.1) is 0 Å². The zero-order valence-corrected chi connectivity index (χ0v) is 23.5. The van der Waals surface area contributed by atoms with Crippen LogP contribution in [0.4, 0.5) is 17.5 Å². The second-order valence-electron chi connectivity index (χ2n) is 11.2. The first-order valence-electron chi connectivity index (χ1n) is 13.5. The number of nitrogens with one attached hydrogen (secondary N) is 2. The average molecular weight is 559 g/mol. The van der Waals surface area contributed by atoms with E-state index in [4.69, 9.17) is 14.2 Å². The molecule has 0 fully saturated rings. The lowest BCUT2D eigenvalue weighted by Crippen LogP contribution is -2.19. The Morgan fingerprint density at radius 2 is 1.83 bits per heavy atom. The van der Waals surface area contributed by atoms with Gasteiger partial charge in [-0.05, 0) is 50.5 Å². The van der Waals surface area contributed by atoms with Crippen molar-refractivity contribution < 1.29 is 24.3 Å². The summed E-state index contributed by atoms with van der Waals surface area (Å²) in [6.07, 6.45) is 2.88. The van der Waals surface area contributed by atoms with Gasteiger partial charge in [0.05, 0.1) is 18.2 Å². The Bertz CT molecular complexity index is 1540. The van der Waals surface area contributed by atoms with Crippen molar-refractivity contribution in [1.29, 1.82) is 0 Å². The topological polar surface area (TPSA) is 156 Å². The Kier molecular flexibility index (Phi) is 7.74. The molecule has 41 heavy (non-hydrogen) atoms. The van der Waals surface area contributed by atoms with Gasteiger partial charge >= 0.3 is 5.97 Å². The Hall–Kier alpha value is -4.35. The summed E-state index contributed by atoms with van der Waals surface area (Å²) in [5.41, 5.74) is 2.17. The number of carbonyl (C=O) groups is 1. The van der Waals surface area contributed by atoms with E-state index in [0.29, 0.717) is 41.3 Å². The van der Waals surface area contributed by atoms with E-state index in [2.05, 4.69) is 25.8 Å². The molecule has 1 aliphatic rings. The highest BCUT2D eigenvalue weighted by molar-refractivity contribution is 5.95. The van der Waals surface area contributed by atoms with E-state index in [1.807, 2.05) is 64.1 Å². The fourth-order valence-electron chi connectivity index (χ4n) is 4.80. The van der Waals surface area contributed by atoms with Crippen molar-refractivity contribution in [3.8, 4) is 11.5 Å². The predicted molar refractivity (Wildman–Crippen MR) is 153 cm³/mol. The van der Waals surface area contributed by atoms with Gasteiger partial charge in [0.1, 0.15) is 17.0 Å². The van der Waals surface area contributed by atoms with Crippen LogP contribution in [0.1, 0.15) is 73.9 Å². The number of ether oxygens (including phenoxy) is 1. The van der Waals surface area contributed by atoms with Crippen LogP contribution in [0, 0.1) is 0 Å². The number of nitrogens with zero attached hydrogens (tertiary/aromatic N) is 4. The van der Waals surface area contributed by atoms with Crippen molar-refractivity contribution in [2.45, 2.75) is 57.6 Å². The minimum absolute atomic E-state index is 0.0809. The third kappa shape index (κ3) is 5.91. The van der Waals surface area contributed by atoms with Crippen LogP contribution in [-0.2, 0) is 15.8 Å². The number of fused-ring (bicyclic) bond motifs is 1. The van der Waals surface area contributed by atoms with Crippen molar-refractivity contribution in [3.05, 3.63) is 77.2 Å². The number of hydrogen-bond donors (Lipinski definition) is 4. The summed E-state index contributed by atoms with van der Waals surface area (Å²) in [4.78, 5) is 26.1. The maximum Gasteiger partial charge on any atom is 0.339 e. The van der Waals surface area contributed by atoms with Gasteiger partial charge in [-0.25, -0.2) is 9.78 Å². The number of aliphatic hydroxyl groups excluding tert-OH is 2. The molecule has 11 nitrogen and oxygen atoms in total. The largest absolute Gasteiger partial charge is 0.451 e. The Balaban J connectivity index is 1.50. The van der Waals surface area contributed by atoms with Crippen molar-refractivity contribution in [3.63, 3.8) is 0 Å². The predicted octanol–water partition coefficient (Wildman–Crippen LogP) is 4.87. The van der Waals surface area contributed by atoms with Crippen molar-refractivity contribution in [2.75, 3.05) is 23.8 Å². The van der Waals surface area contributed by atoms with E-state index in [1.54, 1.807) is 18.3 Å². The SMILES string of the molecule is CC(C)(CCCO)c1noc(-c2cnc(Nc3ccc4c(c3)C(C)(C)OC4=O)nc2N[C@H](CO)c2ccccc2)n1. The van der Waals surface area contributed by atoms with Gasteiger partial charge in [0.15, 0.2) is 5.82 Å². The molecule has 0 spiro atoms. The lowest BCUT2D eigenvalue weighted by atomic mass is 9.87. The molecular weight excluding hydrogens is 524 g/mol. The van der Waals surface area contributed by atoms with E-state index in [0.717, 1.165) is 11.1 Å². The minimum atomic E-state index is -0.744. The quantitative estimate of drug-likeness (QED) is 0.186. The summed E-state index contributed by atoms with van der Waals surface area (Å²) in [6, 6.07) is 14.4. The fourth-order valence-corrected chi connectivity index (χ4v) is 4.80. The summed E-state index contributed by atoms with van der Waals surface area (Å²) >= 11 is 0. The molecule has 0 radical (unpaired) electrons. The molecule has 4 N–H and O–H groups in total. The number of anilines is 3. The first-order valence-corrected chi connectivity index (χ1v) is 13.5. The second-order valence-corrected chi connectivity index (χ2v) is 11.2. The van der Waals surface area contributed by atoms with Crippen LogP contribution >= 0.6 is 0 Å². The van der Waals surface area contributed by atoms with Gasteiger partial charge in [-0.1, -0.05) is 49.3 Å². The molecule has 0 bridgehead atoms. The Morgan fingerprint density at radius 3 is 2.56 bits per heavy atom. The summed E-state index contributed by atoms with van der Waals surface area (Å²) in [6.45, 7) is 7.57. The third-order valence-corrected chi connectivity index (χ3v) is 7.20. The van der Waals surface area contributed by atoms with Crippen LogP contribution in [0.2, 0.25) is 0 Å². The summed E-state index contributed by atoms with van der Waals surface area (Å²) in [7, 11) is 0. The Morgan fingerprint density at radius 1 is 1.05 bits per heavy atom. The number of esters is 1. The number of rotatable bonds is 11. The van der Waals surface area contributed by atoms with Gasteiger partial charge in [-0.3, -0.25) is 0 Å². The lowest BCUT2D eigenvalue weighted by Gasteiger charge is -2.20. The third-order valence-electron chi connectivity index (χ3n) is 7.20. The lowest BCUT2D eigenvalue weighted by molar-refractivity contribution is 0.00954. The van der Waals surface area contributed by atoms with Crippen LogP contribution < -0.4 is 10.6 Å². The molecule has 11 heteroatoms. The second kappa shape index (κ2) is 11.3. The van der Waals surface area contributed by atoms with E-state index in [1.165, 1.54) is 0 Å². The molecule has 1 atom stereocenters. The van der Waals surface area contributed by atoms with E-state index in [9.17, 15) is 15.0 Å². The molecule has 0 aliphatic carbocycles. The number of benzene rings is 2. The Labute approximate surface area is 238 Å². The molecule has 0 unspecified atom stereocenters. The smallest absolute Gasteiger partial charge is 0.339 e. The summed E-state index contributed by atoms with van der Waals surface area (Å²) in [5.74, 6) is 1.05. The molecule has 4 aromatic rings. The molecular formula is C30H34N6O5. The minimum Gasteiger partial charge on any atom is -0.451 e. The van der Waals surface area contributed by atoms with E-state index >= 15 is 0 Å². The number of aromatic nitrogens is 4. The summed E-state index contributed by atoms with van der Waals surface area (Å²) < 4.78 is 11.1. The van der Waals surface area contributed by atoms with E-state index < -0.39 is 17.1 Å². The molecule has 0 saturated heterocycles. The zero-order chi connectivity index (χ0) is 29.2. The van der Waals surface area contributed by atoms with Crippen LogP contribution in [0.15, 0.2) is 59.3 Å². The first-order chi connectivity index (χ1) is 19.6. The highest BCUT2D eigenvalue weighted by atomic mass is 16.6. The van der Waals surface area contributed by atoms with Gasteiger partial charge in [0.2, 0.25) is 5.95 Å². The van der Waals surface area contributed by atoms with E-state index in [-0.39, 0.29) is 31.0 Å². The molecule has 2 aromatic carbocycles. The highest BCUT2D eigenvalue weighted by Gasteiger charge is 2.37. The standard InChI is InChI=1S/C30H34N6O5/c1-29(2,13-8-14-37)27-35-25(41-36-27)21-16-31-28(34-24(21)33-23(17-38)18-9-6-5-7-10-18)32-19-11-12-20-22(15-19)30(3,4)40-26(20)39/h5-7,9-12,15-16,23,37-38H,8,13-14,17H2,1-4H3,(H2,31,32,33,34)/t23-/m1/s1. The number of cyclic esters (lactones) is 1. The molecule has 214 valence electrons. The normalized spacial score (nSPS) is 14.8. The van der Waals surface area contributed by atoms with Gasteiger partial charge in [0.25, 0.3) is 5.89 Å². The highest BCUT2D eigenvalue weighted by Crippen LogP contribution is 2.38. The van der Waals surface area contributed by atoms with Gasteiger partial charge in [0, 0.05) is 29.5 Å². The monoisotopic (exact) mass is 558 g/mol. The zero-order valence-electron chi connectivity index (χ0n) is 23.5. The summed E-state index contributed by atoms with van der Waals surface area (Å²) in [5, 5.41) is 30.2. The van der Waals surface area contributed by atoms with Crippen molar-refractivity contribution in [2.24, 2.45) is 0 Å². The van der Waals surface area contributed by atoms with Crippen LogP contribution in [0.25, 0.3) is 11.5 Å². The fraction of sp³-hybridized carbons (Fsp3) is 0.367. The molecule has 1 aliphatic heterocycles. The average Bonchev–Trinajstić information content (AvgIpc) is 3.54. The van der Waals surface area contributed by atoms with Gasteiger partial charge in [-0.2, -0.15) is 9.97 Å². The molecule has 5 rings (SSSR count). The molecule has 3 heterocycles. The first kappa shape index (κ1) is 28.2. The maximum absolute atomic E-state index is 12.2. The van der Waals surface area contributed by atoms with Crippen LogP contribution in [0.5, 0.6) is 0 Å². The number of aliphatic hydroxyl groups is 2. The van der Waals surface area contributed by atoms with Crippen LogP contribution in [-0.4, -0.2) is 49.5 Å². The van der Waals surface area contributed by atoms with Gasteiger partial charge < -0.3 is 30.1 Å². The number of carbonyl (C=O) groups excluding carboxylic acids is 1. The number of hydrogen-bond acceptors (Lipinski definition) is 11.